The van der Waals surface area contributed by atoms with Crippen molar-refractivity contribution in [2.24, 2.45) is 5.92 Å². The van der Waals surface area contributed by atoms with E-state index in [-0.39, 0.29) is 28.1 Å². The van der Waals surface area contributed by atoms with Gasteiger partial charge < -0.3 is 9.84 Å². The largest absolute Gasteiger partial charge is 0.507 e. The van der Waals surface area contributed by atoms with Crippen molar-refractivity contribution < 1.29 is 18.3 Å². The van der Waals surface area contributed by atoms with E-state index in [4.69, 9.17) is 4.74 Å². The van der Waals surface area contributed by atoms with Crippen LogP contribution in [-0.4, -0.2) is 34.0 Å². The molecule has 0 radical (unpaired) electrons. The summed E-state index contributed by atoms with van der Waals surface area (Å²) in [6.07, 6.45) is 4.85. The Morgan fingerprint density at radius 3 is 2.42 bits per heavy atom. The maximum absolute atomic E-state index is 12.9. The minimum Gasteiger partial charge on any atom is -0.507 e. The lowest BCUT2D eigenvalue weighted by Crippen LogP contribution is -2.30. The Morgan fingerprint density at radius 1 is 1.12 bits per heavy atom. The van der Waals surface area contributed by atoms with Crippen molar-refractivity contribution in [1.82, 2.24) is 14.8 Å². The molecule has 0 aliphatic heterocycles. The van der Waals surface area contributed by atoms with Crippen LogP contribution in [0, 0.1) is 19.8 Å². The molecule has 0 saturated heterocycles. The molecule has 1 aliphatic carbocycles. The van der Waals surface area contributed by atoms with Crippen LogP contribution in [0.1, 0.15) is 36.8 Å². The van der Waals surface area contributed by atoms with Crippen molar-refractivity contribution >= 4 is 9.84 Å². The molecular weight excluding hydrogens is 446 g/mol. The Bertz CT molecular complexity index is 1400. The highest BCUT2D eigenvalue weighted by molar-refractivity contribution is 7.91. The van der Waals surface area contributed by atoms with Crippen molar-refractivity contribution in [3.8, 4) is 22.9 Å². The first-order valence-electron chi connectivity index (χ1n) is 10.7. The molecular formula is C23H25N3O6S. The van der Waals surface area contributed by atoms with Gasteiger partial charge in [-0.15, -0.1) is 0 Å². The molecule has 4 rings (SSSR count). The van der Waals surface area contributed by atoms with Gasteiger partial charge in [-0.1, -0.05) is 12.8 Å². The highest BCUT2D eigenvalue weighted by Gasteiger charge is 2.27. The summed E-state index contributed by atoms with van der Waals surface area (Å²) in [6, 6.07) is 7.52. The number of nitrogens with one attached hydrogen (secondary N) is 1. The second kappa shape index (κ2) is 8.86. The molecule has 0 bridgehead atoms. The van der Waals surface area contributed by atoms with Gasteiger partial charge in [0.1, 0.15) is 28.3 Å². The standard InChI is InChI=1S/C23H25N3O6S/c1-14-9-17(26-23(29)25-21(28)12-24-26)10-15(2)22(14)32-18-7-8-19(27)20(11-18)33(30,31)13-16-5-3-4-6-16/h7-12,16,27H,3-6,13H2,1-2H3,(H,25,28,29). The summed E-state index contributed by atoms with van der Waals surface area (Å²) in [5.41, 5.74) is 0.548. The molecule has 2 aromatic carbocycles. The highest BCUT2D eigenvalue weighted by atomic mass is 32.2. The number of phenols is 1. The maximum Gasteiger partial charge on any atom is 0.349 e. The number of sulfone groups is 1. The molecule has 33 heavy (non-hydrogen) atoms. The molecule has 1 aliphatic rings. The monoisotopic (exact) mass is 471 g/mol. The second-order valence-corrected chi connectivity index (χ2v) is 10.4. The molecule has 0 amide bonds. The van der Waals surface area contributed by atoms with Crippen molar-refractivity contribution in [2.75, 3.05) is 5.75 Å². The summed E-state index contributed by atoms with van der Waals surface area (Å²) < 4.78 is 32.9. The van der Waals surface area contributed by atoms with Gasteiger partial charge in [0.2, 0.25) is 0 Å². The molecule has 1 heterocycles. The third-order valence-corrected chi connectivity index (χ3v) is 7.73. The number of aromatic hydroxyl groups is 1. The number of hydrogen-bond donors (Lipinski definition) is 2. The fourth-order valence-corrected chi connectivity index (χ4v) is 6.07. The Balaban J connectivity index is 1.65. The first-order valence-corrected chi connectivity index (χ1v) is 12.3. The number of aromatic nitrogens is 3. The molecule has 174 valence electrons. The first-order chi connectivity index (χ1) is 15.6. The minimum atomic E-state index is -3.67. The van der Waals surface area contributed by atoms with Crippen LogP contribution in [0.4, 0.5) is 0 Å². The van der Waals surface area contributed by atoms with E-state index in [1.165, 1.54) is 18.2 Å². The van der Waals surface area contributed by atoms with E-state index in [0.717, 1.165) is 36.6 Å². The van der Waals surface area contributed by atoms with Crippen LogP contribution in [-0.2, 0) is 9.84 Å². The predicted molar refractivity (Wildman–Crippen MR) is 122 cm³/mol. The lowest BCUT2D eigenvalue weighted by Gasteiger charge is -2.16. The Labute approximate surface area is 190 Å². The Morgan fingerprint density at radius 2 is 1.79 bits per heavy atom. The fraction of sp³-hybridized carbons (Fsp3) is 0.348. The molecule has 1 saturated carbocycles. The number of aryl methyl sites for hydroxylation is 2. The van der Waals surface area contributed by atoms with Gasteiger partial charge in [-0.25, -0.2) is 13.2 Å². The zero-order valence-corrected chi connectivity index (χ0v) is 19.2. The number of phenolic OH excluding ortho intramolecular Hbond substituents is 1. The number of rotatable bonds is 6. The third kappa shape index (κ3) is 4.85. The lowest BCUT2D eigenvalue weighted by atomic mass is 10.1. The van der Waals surface area contributed by atoms with Crippen molar-refractivity contribution in [3.05, 3.63) is 68.5 Å². The smallest absolute Gasteiger partial charge is 0.349 e. The third-order valence-electron chi connectivity index (χ3n) is 5.82. The number of H-pyrrole nitrogens is 1. The Hall–Kier alpha value is -3.40. The topological polar surface area (TPSA) is 131 Å². The summed E-state index contributed by atoms with van der Waals surface area (Å²) in [6.45, 7) is 3.56. The van der Waals surface area contributed by atoms with Crippen LogP contribution in [0.2, 0.25) is 0 Å². The summed E-state index contributed by atoms with van der Waals surface area (Å²) >= 11 is 0. The van der Waals surface area contributed by atoms with Crippen LogP contribution in [0.15, 0.2) is 51.0 Å². The van der Waals surface area contributed by atoms with Gasteiger partial charge in [0.25, 0.3) is 5.56 Å². The average Bonchev–Trinajstić information content (AvgIpc) is 3.24. The fourth-order valence-electron chi connectivity index (χ4n) is 4.25. The number of nitrogens with zero attached hydrogens (tertiary/aromatic N) is 2. The minimum absolute atomic E-state index is 0.0116. The van der Waals surface area contributed by atoms with Crippen LogP contribution >= 0.6 is 0 Å². The average molecular weight is 472 g/mol. The van der Waals surface area contributed by atoms with E-state index in [2.05, 4.69) is 10.1 Å². The second-order valence-electron chi connectivity index (χ2n) is 8.42. The number of ether oxygens (including phenoxy) is 1. The molecule has 3 aromatic rings. The molecule has 2 N–H and O–H groups in total. The molecule has 1 aromatic heterocycles. The molecule has 0 spiro atoms. The summed E-state index contributed by atoms with van der Waals surface area (Å²) in [5.74, 6) is 0.586. The van der Waals surface area contributed by atoms with Crippen LogP contribution in [0.25, 0.3) is 5.69 Å². The zero-order chi connectivity index (χ0) is 23.8. The predicted octanol–water partition coefficient (Wildman–Crippen LogP) is 3.00. The van der Waals surface area contributed by atoms with Gasteiger partial charge in [-0.3, -0.25) is 9.78 Å². The quantitative estimate of drug-likeness (QED) is 0.565. The van der Waals surface area contributed by atoms with Gasteiger partial charge in [-0.2, -0.15) is 9.78 Å². The van der Waals surface area contributed by atoms with E-state index < -0.39 is 21.1 Å². The number of aromatic amines is 1. The van der Waals surface area contributed by atoms with Gasteiger partial charge in [0.15, 0.2) is 9.84 Å². The Kier molecular flexibility index (Phi) is 6.11. The summed E-state index contributed by atoms with van der Waals surface area (Å²) in [4.78, 5) is 25.4. The van der Waals surface area contributed by atoms with Crippen LogP contribution in [0.5, 0.6) is 17.2 Å². The van der Waals surface area contributed by atoms with Crippen LogP contribution in [0.3, 0.4) is 0 Å². The van der Waals surface area contributed by atoms with E-state index in [1.807, 2.05) is 0 Å². The van der Waals surface area contributed by atoms with Gasteiger partial charge in [0.05, 0.1) is 11.4 Å². The van der Waals surface area contributed by atoms with E-state index in [1.54, 1.807) is 26.0 Å². The highest BCUT2D eigenvalue weighted by Crippen LogP contribution is 2.36. The first kappa shape index (κ1) is 22.8. The van der Waals surface area contributed by atoms with Gasteiger partial charge in [-0.05, 0) is 68.0 Å². The molecule has 0 unspecified atom stereocenters. The SMILES string of the molecule is Cc1cc(-n2ncc(=O)[nH]c2=O)cc(C)c1Oc1ccc(O)c(S(=O)(=O)CC2CCCC2)c1. The molecule has 0 atom stereocenters. The number of hydrogen-bond acceptors (Lipinski definition) is 7. The molecule has 1 fully saturated rings. The van der Waals surface area contributed by atoms with Gasteiger partial charge >= 0.3 is 5.69 Å². The van der Waals surface area contributed by atoms with Crippen molar-refractivity contribution in [3.63, 3.8) is 0 Å². The van der Waals surface area contributed by atoms with E-state index >= 15 is 0 Å². The van der Waals surface area contributed by atoms with Crippen LogP contribution < -0.4 is 16.0 Å². The summed E-state index contributed by atoms with van der Waals surface area (Å²) in [5, 5.41) is 14.1. The normalized spacial score (nSPS) is 14.5. The number of benzene rings is 2. The summed E-state index contributed by atoms with van der Waals surface area (Å²) in [7, 11) is -3.67. The zero-order valence-electron chi connectivity index (χ0n) is 18.4. The van der Waals surface area contributed by atoms with Crippen molar-refractivity contribution in [1.29, 1.82) is 0 Å². The molecule has 10 heteroatoms. The van der Waals surface area contributed by atoms with E-state index in [9.17, 15) is 23.1 Å². The van der Waals surface area contributed by atoms with Gasteiger partial charge in [0, 0.05) is 6.07 Å². The lowest BCUT2D eigenvalue weighted by molar-refractivity contribution is 0.446. The van der Waals surface area contributed by atoms with Crippen molar-refractivity contribution in [2.45, 2.75) is 44.4 Å². The maximum atomic E-state index is 12.9. The van der Waals surface area contributed by atoms with E-state index in [0.29, 0.717) is 22.6 Å². The molecule has 9 nitrogen and oxygen atoms in total.